The minimum Gasteiger partial charge on any atom is -0.366 e. The fraction of sp³-hybridized carbons (Fsp3) is 0.412. The van der Waals surface area contributed by atoms with E-state index in [1.807, 2.05) is 47.5 Å². The van der Waals surface area contributed by atoms with E-state index in [2.05, 4.69) is 66.8 Å². The van der Waals surface area contributed by atoms with Gasteiger partial charge in [0.1, 0.15) is 23.9 Å². The number of ketones is 1. The number of nitrogens with one attached hydrogen (secondary N) is 2. The van der Waals surface area contributed by atoms with Gasteiger partial charge >= 0.3 is 0 Å². The average molecular weight is 575 g/mol. The molecule has 0 radical (unpaired) electrons. The highest BCUT2D eigenvalue weighted by Gasteiger charge is 2.26. The molecule has 6 nitrogen and oxygen atoms in total. The molecule has 2 aliphatic rings. The molecule has 4 rings (SSSR count). The lowest BCUT2D eigenvalue weighted by atomic mass is 9.88. The number of Topliss-reactive ketones (excluding diaryl/α,β-unsaturated/α-hetero) is 1. The van der Waals surface area contributed by atoms with Crippen LogP contribution in [0.15, 0.2) is 48.1 Å². The zero-order chi connectivity index (χ0) is 31.3. The summed E-state index contributed by atoms with van der Waals surface area (Å²) in [5, 5.41) is 12.5. The van der Waals surface area contributed by atoms with E-state index in [4.69, 9.17) is 17.0 Å². The number of hydrogen-bond donors (Lipinski definition) is 2. The van der Waals surface area contributed by atoms with Crippen LogP contribution in [0.1, 0.15) is 86.7 Å². The minimum atomic E-state index is -0.643. The summed E-state index contributed by atoms with van der Waals surface area (Å²) < 4.78 is 0. The molecule has 2 heterocycles. The third-order valence-electron chi connectivity index (χ3n) is 7.05. The third kappa shape index (κ3) is 8.86. The number of aromatic amines is 1. The van der Waals surface area contributed by atoms with Gasteiger partial charge in [-0.2, -0.15) is 5.26 Å². The molecule has 41 heavy (non-hydrogen) atoms. The number of nitrogens with zero attached hydrogens (tertiary/aromatic N) is 2. The van der Waals surface area contributed by atoms with Gasteiger partial charge in [0.25, 0.3) is 5.78 Å². The summed E-state index contributed by atoms with van der Waals surface area (Å²) in [5.41, 5.74) is 11.4. The first-order valence-corrected chi connectivity index (χ1v) is 14.7. The molecule has 2 N–H and O–H groups in total. The molecular weight excluding hydrogens is 528 g/mol. The number of H-pyrrole nitrogens is 1. The maximum absolute atomic E-state index is 12.4. The molecule has 1 aromatic heterocycles. The minimum absolute atomic E-state index is 0.485. The SMILES string of the molecule is C=C(c1ccc(C)[nH]1)N1CCc2c(cc(C)c(C(=S)NC(CC3=CC=C(C)C3)C(=O)C#N)c2C)C1.C=O.CC.CC. The van der Waals surface area contributed by atoms with Gasteiger partial charge in [0, 0.05) is 24.3 Å². The van der Waals surface area contributed by atoms with Crippen molar-refractivity contribution in [3.8, 4) is 6.07 Å². The fourth-order valence-electron chi connectivity index (χ4n) is 5.21. The Bertz CT molecular complexity index is 1340. The number of aromatic nitrogens is 1. The number of aryl methyl sites for hydroxylation is 2. The van der Waals surface area contributed by atoms with E-state index in [0.29, 0.717) is 11.4 Å². The first-order chi connectivity index (χ1) is 19.7. The van der Waals surface area contributed by atoms with E-state index in [9.17, 15) is 10.1 Å². The summed E-state index contributed by atoms with van der Waals surface area (Å²) in [6.07, 6.45) is 6.33. The number of carbonyl (C=O) groups is 2. The third-order valence-corrected chi connectivity index (χ3v) is 7.37. The molecule has 0 saturated heterocycles. The van der Waals surface area contributed by atoms with Crippen molar-refractivity contribution >= 4 is 35.5 Å². The number of carbonyl (C=O) groups excluding carboxylic acids is 2. The van der Waals surface area contributed by atoms with E-state index in [1.165, 1.54) is 16.7 Å². The van der Waals surface area contributed by atoms with E-state index < -0.39 is 11.8 Å². The van der Waals surface area contributed by atoms with Gasteiger partial charge in [-0.25, -0.2) is 0 Å². The number of benzene rings is 1. The quantitative estimate of drug-likeness (QED) is 0.268. The van der Waals surface area contributed by atoms with Crippen LogP contribution >= 0.6 is 12.2 Å². The Morgan fingerprint density at radius 2 is 1.80 bits per heavy atom. The summed E-state index contributed by atoms with van der Waals surface area (Å²) in [4.78, 5) is 26.7. The number of rotatable bonds is 7. The van der Waals surface area contributed by atoms with Gasteiger partial charge in [0.15, 0.2) is 0 Å². The Balaban J connectivity index is 0.00000131. The first-order valence-electron chi connectivity index (χ1n) is 14.3. The van der Waals surface area contributed by atoms with Crippen molar-refractivity contribution in [1.29, 1.82) is 5.26 Å². The fourth-order valence-corrected chi connectivity index (χ4v) is 5.66. The second-order valence-corrected chi connectivity index (χ2v) is 10.1. The molecule has 1 aliphatic heterocycles. The Morgan fingerprint density at radius 3 is 2.34 bits per heavy atom. The summed E-state index contributed by atoms with van der Waals surface area (Å²) in [5.74, 6) is -0.486. The van der Waals surface area contributed by atoms with Crippen LogP contribution in [0.4, 0.5) is 0 Å². The van der Waals surface area contributed by atoms with Gasteiger partial charge in [0.05, 0.1) is 11.4 Å². The van der Waals surface area contributed by atoms with Crippen LogP contribution in [0.25, 0.3) is 5.70 Å². The Labute approximate surface area is 252 Å². The normalized spacial score (nSPS) is 13.7. The molecule has 0 fully saturated rings. The van der Waals surface area contributed by atoms with Gasteiger partial charge in [-0.15, -0.1) is 0 Å². The van der Waals surface area contributed by atoms with Crippen LogP contribution in [0.2, 0.25) is 0 Å². The number of thiocarbonyl (C=S) groups is 1. The number of allylic oxidation sites excluding steroid dienone is 3. The lowest BCUT2D eigenvalue weighted by Gasteiger charge is -2.34. The van der Waals surface area contributed by atoms with Crippen molar-refractivity contribution in [2.24, 2.45) is 0 Å². The van der Waals surface area contributed by atoms with Gasteiger partial charge in [0.2, 0.25) is 0 Å². The molecule has 2 aromatic rings. The largest absolute Gasteiger partial charge is 0.366 e. The standard InChI is InChI=1S/C29H32N4OS.2C2H6.CH2O/c1-17-6-8-22(12-17)14-26(27(34)15-30)32-29(35)28-18(2)13-23-16-33(11-10-24(23)20(28)4)21(5)25-9-7-19(3)31-25;3*1-2/h6-9,13,26,31H,5,10-12,14,16H2,1-4H3,(H,32,35);2*1-2H3;1H2. The lowest BCUT2D eigenvalue weighted by Crippen LogP contribution is -2.41. The van der Waals surface area contributed by atoms with Crippen molar-refractivity contribution in [3.63, 3.8) is 0 Å². The van der Waals surface area contributed by atoms with E-state index in [1.54, 1.807) is 6.07 Å². The van der Waals surface area contributed by atoms with E-state index >= 15 is 0 Å². The smallest absolute Gasteiger partial charge is 0.254 e. The number of hydrogen-bond acceptors (Lipinski definition) is 5. The zero-order valence-corrected chi connectivity index (χ0v) is 26.8. The highest BCUT2D eigenvalue weighted by Crippen LogP contribution is 2.31. The monoisotopic (exact) mass is 574 g/mol. The van der Waals surface area contributed by atoms with Crippen LogP contribution in [-0.2, 0) is 22.6 Å². The molecule has 220 valence electrons. The lowest BCUT2D eigenvalue weighted by molar-refractivity contribution is -0.115. The maximum atomic E-state index is 12.4. The van der Waals surface area contributed by atoms with Crippen LogP contribution in [0.5, 0.6) is 0 Å². The van der Waals surface area contributed by atoms with E-state index in [-0.39, 0.29) is 0 Å². The molecule has 0 saturated carbocycles. The van der Waals surface area contributed by atoms with Crippen LogP contribution in [0, 0.1) is 32.1 Å². The van der Waals surface area contributed by atoms with Crippen molar-refractivity contribution in [3.05, 3.63) is 87.3 Å². The summed E-state index contributed by atoms with van der Waals surface area (Å²) in [6.45, 7) is 24.3. The van der Waals surface area contributed by atoms with Gasteiger partial charge < -0.3 is 20.0 Å². The molecule has 7 heteroatoms. The molecule has 0 bridgehead atoms. The van der Waals surface area contributed by atoms with Crippen LogP contribution in [0.3, 0.4) is 0 Å². The second kappa shape index (κ2) is 17.1. The predicted molar refractivity (Wildman–Crippen MR) is 175 cm³/mol. The van der Waals surface area contributed by atoms with Crippen molar-refractivity contribution in [2.75, 3.05) is 6.54 Å². The summed E-state index contributed by atoms with van der Waals surface area (Å²) >= 11 is 5.81. The summed E-state index contributed by atoms with van der Waals surface area (Å²) in [6, 6.07) is 7.51. The molecule has 1 aromatic carbocycles. The van der Waals surface area contributed by atoms with Crippen LogP contribution < -0.4 is 5.32 Å². The molecule has 1 aliphatic carbocycles. The van der Waals surface area contributed by atoms with Crippen molar-refractivity contribution in [2.45, 2.75) is 87.2 Å². The van der Waals surface area contributed by atoms with Gasteiger partial charge in [-0.05, 0) is 81.3 Å². The molecular formula is C34H46N4O2S. The maximum Gasteiger partial charge on any atom is 0.254 e. The highest BCUT2D eigenvalue weighted by molar-refractivity contribution is 7.80. The molecule has 1 unspecified atom stereocenters. The molecule has 0 amide bonds. The van der Waals surface area contributed by atoms with Crippen molar-refractivity contribution < 1.29 is 9.59 Å². The van der Waals surface area contributed by atoms with Gasteiger partial charge in [-0.3, -0.25) is 4.79 Å². The Hall–Kier alpha value is -3.76. The average Bonchev–Trinajstić information content (AvgIpc) is 3.62. The first kappa shape index (κ1) is 35.3. The second-order valence-electron chi connectivity index (χ2n) is 9.73. The van der Waals surface area contributed by atoms with Crippen LogP contribution in [-0.4, -0.2) is 40.0 Å². The van der Waals surface area contributed by atoms with Gasteiger partial charge in [-0.1, -0.05) is 75.9 Å². The predicted octanol–water partition coefficient (Wildman–Crippen LogP) is 7.23. The summed E-state index contributed by atoms with van der Waals surface area (Å²) in [7, 11) is 0. The zero-order valence-electron chi connectivity index (χ0n) is 26.0. The number of fused-ring (bicyclic) bond motifs is 1. The highest BCUT2D eigenvalue weighted by atomic mass is 32.1. The van der Waals surface area contributed by atoms with Crippen molar-refractivity contribution in [1.82, 2.24) is 15.2 Å². The number of nitriles is 1. The molecule has 0 spiro atoms. The molecule has 1 atom stereocenters. The van der Waals surface area contributed by atoms with E-state index in [0.717, 1.165) is 65.3 Å². The Kier molecular flexibility index (Phi) is 14.7. The topological polar surface area (TPSA) is 89.0 Å². The Morgan fingerprint density at radius 1 is 1.15 bits per heavy atom.